The van der Waals surface area contributed by atoms with Gasteiger partial charge in [-0.3, -0.25) is 9.36 Å². The Morgan fingerprint density at radius 2 is 1.69 bits per heavy atom. The zero-order valence-corrected chi connectivity index (χ0v) is 26.9. The van der Waals surface area contributed by atoms with Crippen LogP contribution in [0.4, 0.5) is 19.3 Å². The number of hydrogen-bond acceptors (Lipinski definition) is 8. The van der Waals surface area contributed by atoms with Gasteiger partial charge in [0.05, 0.1) is 24.2 Å². The molecule has 0 atom stereocenters. The smallest absolute Gasteiger partial charge is 0.337 e. The van der Waals surface area contributed by atoms with Gasteiger partial charge in [-0.25, -0.2) is 27.6 Å². The number of hydrogen-bond donors (Lipinski definition) is 2. The van der Waals surface area contributed by atoms with Crippen LogP contribution in [0.2, 0.25) is 0 Å². The third-order valence-corrected chi connectivity index (χ3v) is 9.04. The maximum atomic E-state index is 15.0. The lowest BCUT2D eigenvalue weighted by molar-refractivity contribution is 0.252. The van der Waals surface area contributed by atoms with Crippen molar-refractivity contribution >= 4 is 33.3 Å². The summed E-state index contributed by atoms with van der Waals surface area (Å²) in [4.78, 5) is 43.6. The molecule has 246 valence electrons. The number of para-hydroxylation sites is 1. The van der Waals surface area contributed by atoms with E-state index in [9.17, 15) is 23.2 Å². The number of rotatable bonds is 11. The third kappa shape index (κ3) is 6.63. The van der Waals surface area contributed by atoms with Crippen molar-refractivity contribution in [3.05, 3.63) is 123 Å². The Hall–Kier alpha value is -5.54. The number of carbonyl (C=O) groups is 1. The second kappa shape index (κ2) is 14.1. The van der Waals surface area contributed by atoms with Crippen LogP contribution in [0.5, 0.6) is 0 Å². The van der Waals surface area contributed by atoms with Gasteiger partial charge in [-0.2, -0.15) is 0 Å². The van der Waals surface area contributed by atoms with Gasteiger partial charge < -0.3 is 15.5 Å². The molecule has 0 radical (unpaired) electrons. The van der Waals surface area contributed by atoms with Crippen molar-refractivity contribution < 1.29 is 13.6 Å². The minimum absolute atomic E-state index is 0.258. The zero-order chi connectivity index (χ0) is 33.8. The van der Waals surface area contributed by atoms with E-state index in [2.05, 4.69) is 26.2 Å². The van der Waals surface area contributed by atoms with Crippen LogP contribution in [0.1, 0.15) is 18.1 Å². The summed E-state index contributed by atoms with van der Waals surface area (Å²) in [6, 6.07) is 18.7. The predicted octanol–water partition coefficient (Wildman–Crippen LogP) is 4.47. The fourth-order valence-electron chi connectivity index (χ4n) is 5.38. The molecule has 0 saturated heterocycles. The molecule has 0 aliphatic carbocycles. The molecule has 48 heavy (non-hydrogen) atoms. The number of thiophene rings is 1. The number of carbonyl (C=O) groups excluding carboxylic acids is 1. The Morgan fingerprint density at radius 1 is 0.958 bits per heavy atom. The van der Waals surface area contributed by atoms with Gasteiger partial charge in [0.15, 0.2) is 0 Å². The molecule has 0 bridgehead atoms. The SMILES string of the molecule is CCNC(=O)Nc1ccc(-c2sc3c(c2CN(C)CCn2cnnn2)c(=O)n(-c2ccccc2)c(=O)n3Cc2c(F)cccc2F)cc1. The molecule has 3 heterocycles. The normalized spacial score (nSPS) is 11.4. The molecule has 0 unspecified atom stereocenters. The topological polar surface area (TPSA) is 132 Å². The lowest BCUT2D eigenvalue weighted by atomic mass is 10.1. The van der Waals surface area contributed by atoms with Crippen LogP contribution >= 0.6 is 11.3 Å². The van der Waals surface area contributed by atoms with Crippen LogP contribution in [0.3, 0.4) is 0 Å². The van der Waals surface area contributed by atoms with Gasteiger partial charge in [-0.15, -0.1) is 16.4 Å². The highest BCUT2D eigenvalue weighted by molar-refractivity contribution is 7.22. The van der Waals surface area contributed by atoms with Gasteiger partial charge in [-0.1, -0.05) is 36.4 Å². The van der Waals surface area contributed by atoms with Gasteiger partial charge >= 0.3 is 11.7 Å². The van der Waals surface area contributed by atoms with Crippen molar-refractivity contribution in [2.45, 2.75) is 26.6 Å². The number of nitrogens with zero attached hydrogens (tertiary/aromatic N) is 7. The molecular formula is C33H31F2N9O3S. The molecule has 12 nitrogen and oxygen atoms in total. The summed E-state index contributed by atoms with van der Waals surface area (Å²) in [5, 5.41) is 17.0. The van der Waals surface area contributed by atoms with E-state index in [0.717, 1.165) is 22.3 Å². The number of anilines is 1. The lowest BCUT2D eigenvalue weighted by Gasteiger charge is -2.18. The number of benzene rings is 3. The highest BCUT2D eigenvalue weighted by atomic mass is 32.1. The first-order chi connectivity index (χ1) is 23.2. The summed E-state index contributed by atoms with van der Waals surface area (Å²) in [7, 11) is 1.89. The summed E-state index contributed by atoms with van der Waals surface area (Å²) in [6.45, 7) is 3.13. The Bertz CT molecular complexity index is 2160. The second-order valence-electron chi connectivity index (χ2n) is 11.0. The summed E-state index contributed by atoms with van der Waals surface area (Å²) in [5.41, 5.74) is 0.670. The molecule has 6 aromatic rings. The maximum Gasteiger partial charge on any atom is 0.337 e. The molecule has 2 N–H and O–H groups in total. The van der Waals surface area contributed by atoms with Crippen LogP contribution in [0.25, 0.3) is 26.3 Å². The van der Waals surface area contributed by atoms with Crippen molar-refractivity contribution in [1.29, 1.82) is 0 Å². The van der Waals surface area contributed by atoms with Gasteiger partial charge in [0.2, 0.25) is 0 Å². The van der Waals surface area contributed by atoms with E-state index in [-0.39, 0.29) is 28.4 Å². The number of halogens is 2. The summed E-state index contributed by atoms with van der Waals surface area (Å²) in [6.07, 6.45) is 1.51. The summed E-state index contributed by atoms with van der Waals surface area (Å²) < 4.78 is 33.9. The second-order valence-corrected chi connectivity index (χ2v) is 12.0. The highest BCUT2D eigenvalue weighted by Crippen LogP contribution is 2.38. The molecule has 0 spiro atoms. The average Bonchev–Trinajstić information content (AvgIpc) is 3.73. The molecule has 3 aromatic heterocycles. The quantitative estimate of drug-likeness (QED) is 0.208. The third-order valence-electron chi connectivity index (χ3n) is 7.74. The van der Waals surface area contributed by atoms with E-state index >= 15 is 0 Å². The van der Waals surface area contributed by atoms with Crippen molar-refractivity contribution in [1.82, 2.24) is 39.6 Å². The van der Waals surface area contributed by atoms with Crippen molar-refractivity contribution in [2.24, 2.45) is 0 Å². The Kier molecular flexibility index (Phi) is 9.50. The van der Waals surface area contributed by atoms with Gasteiger partial charge in [-0.05, 0) is 71.9 Å². The standard InChI is InChI=1S/C33H31F2N9O3S/c1-3-36-32(46)38-22-14-12-21(13-15-22)29-25(18-41(2)16-17-42-20-37-39-40-42)28-30(45)44(23-8-5-4-6-9-23)33(47)43(31(28)48-29)19-24-26(34)10-7-11-27(24)35/h4-15,20H,3,16-19H2,1-2H3,(H2,36,38,46). The van der Waals surface area contributed by atoms with Crippen molar-refractivity contribution in [3.63, 3.8) is 0 Å². The lowest BCUT2D eigenvalue weighted by Crippen LogP contribution is -2.39. The number of tetrazole rings is 1. The van der Waals surface area contributed by atoms with Crippen LogP contribution in [0, 0.1) is 11.6 Å². The first kappa shape index (κ1) is 32.4. The maximum absolute atomic E-state index is 15.0. The number of urea groups is 1. The molecule has 15 heteroatoms. The molecule has 0 aliphatic rings. The Labute approximate surface area is 276 Å². The van der Waals surface area contributed by atoms with Crippen molar-refractivity contribution in [3.8, 4) is 16.1 Å². The summed E-state index contributed by atoms with van der Waals surface area (Å²) >= 11 is 1.19. The van der Waals surface area contributed by atoms with Crippen LogP contribution in [-0.4, -0.2) is 60.4 Å². The number of aromatic nitrogens is 6. The van der Waals surface area contributed by atoms with E-state index in [1.165, 1.54) is 28.3 Å². The van der Waals surface area contributed by atoms with E-state index in [1.54, 1.807) is 47.1 Å². The van der Waals surface area contributed by atoms with Crippen LogP contribution in [-0.2, 0) is 19.6 Å². The first-order valence-electron chi connectivity index (χ1n) is 15.1. The minimum Gasteiger partial charge on any atom is -0.338 e. The number of nitrogens with one attached hydrogen (secondary N) is 2. The average molecular weight is 672 g/mol. The molecule has 0 aliphatic heterocycles. The van der Waals surface area contributed by atoms with Crippen LogP contribution in [0.15, 0.2) is 88.7 Å². The van der Waals surface area contributed by atoms with Crippen LogP contribution < -0.4 is 21.9 Å². The highest BCUT2D eigenvalue weighted by Gasteiger charge is 2.25. The zero-order valence-electron chi connectivity index (χ0n) is 26.1. The predicted molar refractivity (Wildman–Crippen MR) is 179 cm³/mol. The molecule has 3 aromatic carbocycles. The first-order valence-corrected chi connectivity index (χ1v) is 15.9. The molecule has 0 fully saturated rings. The van der Waals surface area contributed by atoms with E-state index < -0.39 is 29.4 Å². The Morgan fingerprint density at radius 3 is 2.35 bits per heavy atom. The fraction of sp³-hybridized carbons (Fsp3) is 0.212. The molecule has 0 saturated carbocycles. The minimum atomic E-state index is -0.804. The van der Waals surface area contributed by atoms with E-state index in [4.69, 9.17) is 0 Å². The molecule has 2 amide bonds. The van der Waals surface area contributed by atoms with E-state index in [0.29, 0.717) is 41.4 Å². The van der Waals surface area contributed by atoms with Gasteiger partial charge in [0, 0.05) is 35.8 Å². The van der Waals surface area contributed by atoms with Gasteiger partial charge in [0.1, 0.15) is 22.8 Å². The molecule has 6 rings (SSSR count). The van der Waals surface area contributed by atoms with Crippen molar-refractivity contribution in [2.75, 3.05) is 25.5 Å². The largest absolute Gasteiger partial charge is 0.338 e. The molecular weight excluding hydrogens is 640 g/mol. The van der Waals surface area contributed by atoms with Gasteiger partial charge in [0.25, 0.3) is 5.56 Å². The summed E-state index contributed by atoms with van der Waals surface area (Å²) in [5.74, 6) is -1.61. The van der Waals surface area contributed by atoms with E-state index in [1.807, 2.05) is 31.0 Å². The number of likely N-dealkylation sites (N-methyl/N-ethyl adjacent to an activating group) is 1. The number of amides is 2. The monoisotopic (exact) mass is 671 g/mol. The number of fused-ring (bicyclic) bond motifs is 1. The fourth-order valence-corrected chi connectivity index (χ4v) is 6.69. The Balaban J connectivity index is 1.56.